The summed E-state index contributed by atoms with van der Waals surface area (Å²) in [5.74, 6) is -2.77. The van der Waals surface area contributed by atoms with Crippen LogP contribution in [0.4, 0.5) is 0 Å². The number of ether oxygens (including phenoxy) is 4. The summed E-state index contributed by atoms with van der Waals surface area (Å²) in [7, 11) is 0. The zero-order valence-electron chi connectivity index (χ0n) is 21.4. The summed E-state index contributed by atoms with van der Waals surface area (Å²) >= 11 is 0. The second kappa shape index (κ2) is 12.0. The minimum absolute atomic E-state index is 0.251. The van der Waals surface area contributed by atoms with Crippen molar-refractivity contribution in [1.29, 1.82) is 0 Å². The van der Waals surface area contributed by atoms with Gasteiger partial charge in [-0.3, -0.25) is 4.79 Å². The van der Waals surface area contributed by atoms with E-state index in [4.69, 9.17) is 18.9 Å². The largest absolute Gasteiger partial charge is 0.450 e. The Morgan fingerprint density at radius 2 is 1.08 bits per heavy atom. The predicted molar refractivity (Wildman–Crippen MR) is 144 cm³/mol. The highest BCUT2D eigenvalue weighted by molar-refractivity contribution is 5.96. The normalized spacial score (nSPS) is 12.3. The first-order valence-corrected chi connectivity index (χ1v) is 12.2. The molecule has 39 heavy (non-hydrogen) atoms. The number of benzene rings is 4. The van der Waals surface area contributed by atoms with Crippen LogP contribution in [0.5, 0.6) is 11.5 Å². The van der Waals surface area contributed by atoms with E-state index < -0.39 is 42.5 Å². The van der Waals surface area contributed by atoms with Gasteiger partial charge in [-0.05, 0) is 36.8 Å². The number of esters is 4. The standard InChI is InChI=1S/C31H26O8/c1-19(29(33)37-21(3)31(35)39-27-17-9-13-23-11-5-7-15-25(23)27)18-28(32)36-20(2)30(34)38-26-16-8-12-22-10-4-6-14-24(22)26/h4-17,20-21H,1,18H2,2-3H3. The lowest BCUT2D eigenvalue weighted by Gasteiger charge is -2.15. The van der Waals surface area contributed by atoms with Gasteiger partial charge >= 0.3 is 23.9 Å². The van der Waals surface area contributed by atoms with Crippen LogP contribution in [-0.2, 0) is 28.7 Å². The highest BCUT2D eigenvalue weighted by atomic mass is 16.6. The van der Waals surface area contributed by atoms with Crippen LogP contribution in [0.2, 0.25) is 0 Å². The summed E-state index contributed by atoms with van der Waals surface area (Å²) in [6.45, 7) is 6.25. The molecule has 4 aromatic rings. The second-order valence-electron chi connectivity index (χ2n) is 8.76. The number of carbonyl (C=O) groups excluding carboxylic acids is 4. The van der Waals surface area contributed by atoms with E-state index in [0.29, 0.717) is 11.5 Å². The summed E-state index contributed by atoms with van der Waals surface area (Å²) in [5, 5.41) is 3.23. The fourth-order valence-electron chi connectivity index (χ4n) is 3.78. The molecular weight excluding hydrogens is 500 g/mol. The Labute approximate surface area is 224 Å². The van der Waals surface area contributed by atoms with Crippen LogP contribution < -0.4 is 9.47 Å². The first-order chi connectivity index (χ1) is 18.7. The van der Waals surface area contributed by atoms with Gasteiger partial charge in [-0.1, -0.05) is 79.4 Å². The smallest absolute Gasteiger partial charge is 0.352 e. The van der Waals surface area contributed by atoms with Gasteiger partial charge in [0, 0.05) is 16.3 Å². The third kappa shape index (κ3) is 6.67. The van der Waals surface area contributed by atoms with Crippen molar-refractivity contribution in [2.75, 3.05) is 0 Å². The van der Waals surface area contributed by atoms with Gasteiger partial charge < -0.3 is 18.9 Å². The molecule has 8 nitrogen and oxygen atoms in total. The Morgan fingerprint density at radius 1 is 0.641 bits per heavy atom. The molecule has 0 fully saturated rings. The summed E-state index contributed by atoms with van der Waals surface area (Å²) < 4.78 is 21.1. The van der Waals surface area contributed by atoms with E-state index in [9.17, 15) is 19.2 Å². The third-order valence-electron chi connectivity index (χ3n) is 5.82. The zero-order chi connectivity index (χ0) is 27.9. The van der Waals surface area contributed by atoms with Crippen molar-refractivity contribution in [3.05, 3.63) is 97.1 Å². The Hall–Kier alpha value is -4.98. The van der Waals surface area contributed by atoms with Crippen molar-refractivity contribution in [1.82, 2.24) is 0 Å². The van der Waals surface area contributed by atoms with Crippen molar-refractivity contribution in [2.24, 2.45) is 0 Å². The van der Waals surface area contributed by atoms with Gasteiger partial charge in [-0.2, -0.15) is 0 Å². The maximum Gasteiger partial charge on any atom is 0.352 e. The van der Waals surface area contributed by atoms with Crippen molar-refractivity contribution in [2.45, 2.75) is 32.5 Å². The van der Waals surface area contributed by atoms with Crippen LogP contribution in [0.1, 0.15) is 20.3 Å². The molecular formula is C31H26O8. The molecule has 0 aliphatic carbocycles. The molecule has 0 heterocycles. The molecule has 0 saturated carbocycles. The monoisotopic (exact) mass is 526 g/mol. The average Bonchev–Trinajstić information content (AvgIpc) is 2.93. The highest BCUT2D eigenvalue weighted by Crippen LogP contribution is 2.27. The molecule has 4 aromatic carbocycles. The lowest BCUT2D eigenvalue weighted by molar-refractivity contribution is -0.162. The minimum Gasteiger partial charge on any atom is -0.450 e. The van der Waals surface area contributed by atoms with E-state index in [1.165, 1.54) is 13.8 Å². The molecule has 2 atom stereocenters. The third-order valence-corrected chi connectivity index (χ3v) is 5.82. The summed E-state index contributed by atoms with van der Waals surface area (Å²) in [6.07, 6.45) is -3.05. The van der Waals surface area contributed by atoms with Gasteiger partial charge in [0.25, 0.3) is 0 Å². The summed E-state index contributed by atoms with van der Waals surface area (Å²) in [4.78, 5) is 49.8. The minimum atomic E-state index is -1.26. The molecule has 0 aliphatic rings. The van der Waals surface area contributed by atoms with E-state index in [2.05, 4.69) is 6.58 Å². The average molecular weight is 527 g/mol. The number of carbonyl (C=O) groups is 4. The Balaban J connectivity index is 1.27. The number of rotatable bonds is 9. The van der Waals surface area contributed by atoms with Crippen molar-refractivity contribution < 1.29 is 38.1 Å². The second-order valence-corrected chi connectivity index (χ2v) is 8.76. The van der Waals surface area contributed by atoms with Crippen LogP contribution in [-0.4, -0.2) is 36.1 Å². The lowest BCUT2D eigenvalue weighted by atomic mass is 10.1. The maximum absolute atomic E-state index is 12.5. The summed E-state index contributed by atoms with van der Waals surface area (Å²) in [5.41, 5.74) is -0.251. The lowest BCUT2D eigenvalue weighted by Crippen LogP contribution is -2.30. The molecule has 0 saturated heterocycles. The van der Waals surface area contributed by atoms with Gasteiger partial charge in [0.05, 0.1) is 6.42 Å². The zero-order valence-corrected chi connectivity index (χ0v) is 21.4. The van der Waals surface area contributed by atoms with Crippen molar-refractivity contribution >= 4 is 45.4 Å². The molecule has 0 N–H and O–H groups in total. The molecule has 0 aromatic heterocycles. The van der Waals surface area contributed by atoms with E-state index in [1.807, 2.05) is 54.6 Å². The van der Waals surface area contributed by atoms with Crippen LogP contribution >= 0.6 is 0 Å². The van der Waals surface area contributed by atoms with Crippen molar-refractivity contribution in [3.63, 3.8) is 0 Å². The number of hydrogen-bond donors (Lipinski definition) is 0. The predicted octanol–water partition coefficient (Wildman–Crippen LogP) is 5.31. The molecule has 198 valence electrons. The van der Waals surface area contributed by atoms with Crippen LogP contribution in [0.25, 0.3) is 21.5 Å². The van der Waals surface area contributed by atoms with Gasteiger partial charge in [0.1, 0.15) is 11.5 Å². The summed E-state index contributed by atoms with van der Waals surface area (Å²) in [6, 6.07) is 25.3. The Kier molecular flexibility index (Phi) is 8.36. The van der Waals surface area contributed by atoms with Crippen molar-refractivity contribution in [3.8, 4) is 11.5 Å². The first kappa shape index (κ1) is 27.1. The fraction of sp³-hybridized carbons (Fsp3) is 0.161. The molecule has 0 bridgehead atoms. The first-order valence-electron chi connectivity index (χ1n) is 12.2. The van der Waals surface area contributed by atoms with Crippen LogP contribution in [0, 0.1) is 0 Å². The van der Waals surface area contributed by atoms with Gasteiger partial charge in [0.2, 0.25) is 0 Å². The highest BCUT2D eigenvalue weighted by Gasteiger charge is 2.26. The molecule has 8 heteroatoms. The van der Waals surface area contributed by atoms with E-state index in [0.717, 1.165) is 21.5 Å². The molecule has 4 rings (SSSR count). The Bertz CT molecular complexity index is 1560. The molecule has 0 aliphatic heterocycles. The van der Waals surface area contributed by atoms with Gasteiger partial charge in [-0.15, -0.1) is 0 Å². The van der Waals surface area contributed by atoms with Gasteiger partial charge in [-0.25, -0.2) is 14.4 Å². The van der Waals surface area contributed by atoms with E-state index in [-0.39, 0.29) is 5.57 Å². The SMILES string of the molecule is C=C(CC(=O)OC(C)C(=O)Oc1cccc2ccccc12)C(=O)OC(C)C(=O)Oc1cccc2ccccc12. The fourth-order valence-corrected chi connectivity index (χ4v) is 3.78. The quantitative estimate of drug-likeness (QED) is 0.164. The number of hydrogen-bond acceptors (Lipinski definition) is 8. The van der Waals surface area contributed by atoms with Crippen LogP contribution in [0.3, 0.4) is 0 Å². The van der Waals surface area contributed by atoms with Gasteiger partial charge in [0.15, 0.2) is 12.2 Å². The molecule has 2 unspecified atom stereocenters. The molecule has 0 radical (unpaired) electrons. The molecule has 0 spiro atoms. The molecule has 0 amide bonds. The maximum atomic E-state index is 12.5. The Morgan fingerprint density at radius 3 is 1.59 bits per heavy atom. The number of fused-ring (bicyclic) bond motifs is 2. The van der Waals surface area contributed by atoms with E-state index in [1.54, 1.807) is 30.3 Å². The van der Waals surface area contributed by atoms with Crippen LogP contribution in [0.15, 0.2) is 97.1 Å². The topological polar surface area (TPSA) is 105 Å². The van der Waals surface area contributed by atoms with E-state index >= 15 is 0 Å².